The first-order valence-electron chi connectivity index (χ1n) is 5.77. The quantitative estimate of drug-likeness (QED) is 0.754. The lowest BCUT2D eigenvalue weighted by Gasteiger charge is -2.11. The predicted octanol–water partition coefficient (Wildman–Crippen LogP) is 2.61. The van der Waals surface area contributed by atoms with Crippen LogP contribution in [0.3, 0.4) is 0 Å². The zero-order chi connectivity index (χ0) is 12.3. The molecule has 0 bridgehead atoms. The Kier molecular flexibility index (Phi) is 3.38. The van der Waals surface area contributed by atoms with E-state index >= 15 is 0 Å². The van der Waals surface area contributed by atoms with Crippen molar-refractivity contribution in [2.75, 3.05) is 0 Å². The largest absolute Gasteiger partial charge is 0.298 e. The van der Waals surface area contributed by atoms with Gasteiger partial charge in [-0.1, -0.05) is 25.1 Å². The van der Waals surface area contributed by atoms with Crippen molar-refractivity contribution in [1.82, 2.24) is 9.55 Å². The molecule has 0 N–H and O–H groups in total. The number of allylic oxidation sites excluding steroid dienone is 1. The van der Waals surface area contributed by atoms with Crippen molar-refractivity contribution in [3.05, 3.63) is 53.6 Å². The summed E-state index contributed by atoms with van der Waals surface area (Å²) in [6.45, 7) is 6.50. The molecule has 0 spiro atoms. The van der Waals surface area contributed by atoms with Crippen LogP contribution in [0.1, 0.15) is 13.3 Å². The number of hydrogen-bond acceptors (Lipinski definition) is 2. The minimum absolute atomic E-state index is 0.0338. The first-order valence-corrected chi connectivity index (χ1v) is 5.77. The summed E-state index contributed by atoms with van der Waals surface area (Å²) in [5.41, 5.74) is 0.789. The molecule has 0 aliphatic heterocycles. The molecule has 2 aromatic rings. The molecule has 0 saturated carbocycles. The van der Waals surface area contributed by atoms with E-state index in [0.29, 0.717) is 17.8 Å². The average molecular weight is 228 g/mol. The van der Waals surface area contributed by atoms with Crippen molar-refractivity contribution in [2.24, 2.45) is 5.92 Å². The molecule has 88 valence electrons. The van der Waals surface area contributed by atoms with Crippen LogP contribution in [0.15, 0.2) is 48.0 Å². The minimum Gasteiger partial charge on any atom is -0.298 e. The lowest BCUT2D eigenvalue weighted by Crippen LogP contribution is -2.23. The van der Waals surface area contributed by atoms with E-state index in [2.05, 4.69) is 18.5 Å². The zero-order valence-corrected chi connectivity index (χ0v) is 9.97. The summed E-state index contributed by atoms with van der Waals surface area (Å²) in [5.74, 6) is 0.396. The number of para-hydroxylation sites is 1. The van der Waals surface area contributed by atoms with E-state index in [1.165, 1.54) is 0 Å². The normalized spacial score (nSPS) is 12.5. The Morgan fingerprint density at radius 1 is 1.47 bits per heavy atom. The molecule has 3 heteroatoms. The van der Waals surface area contributed by atoms with Gasteiger partial charge in [-0.15, -0.1) is 6.58 Å². The van der Waals surface area contributed by atoms with Gasteiger partial charge in [-0.25, -0.2) is 4.98 Å². The van der Waals surface area contributed by atoms with Crippen molar-refractivity contribution in [3.8, 4) is 0 Å². The maximum Gasteiger partial charge on any atom is 0.261 e. The molecule has 0 saturated heterocycles. The van der Waals surface area contributed by atoms with E-state index in [1.54, 1.807) is 10.9 Å². The van der Waals surface area contributed by atoms with Gasteiger partial charge < -0.3 is 0 Å². The standard InChI is InChI=1S/C14H16N2O/c1-3-6-11(2)9-16-10-15-13-8-5-4-7-12(13)14(16)17/h3-5,7-8,10-11H,1,6,9H2,2H3. The lowest BCUT2D eigenvalue weighted by atomic mass is 10.1. The number of benzene rings is 1. The Morgan fingerprint density at radius 2 is 2.24 bits per heavy atom. The Morgan fingerprint density at radius 3 is 3.00 bits per heavy atom. The van der Waals surface area contributed by atoms with Gasteiger partial charge in [0.2, 0.25) is 0 Å². The molecule has 1 aromatic heterocycles. The first-order chi connectivity index (χ1) is 8.22. The van der Waals surface area contributed by atoms with Crippen LogP contribution in [0, 0.1) is 5.92 Å². The molecular weight excluding hydrogens is 212 g/mol. The lowest BCUT2D eigenvalue weighted by molar-refractivity contribution is 0.475. The molecule has 1 heterocycles. The van der Waals surface area contributed by atoms with Gasteiger partial charge in [0.1, 0.15) is 0 Å². The maximum absolute atomic E-state index is 12.2. The maximum atomic E-state index is 12.2. The predicted molar refractivity (Wildman–Crippen MR) is 70.0 cm³/mol. The van der Waals surface area contributed by atoms with Gasteiger partial charge in [0.05, 0.1) is 17.2 Å². The summed E-state index contributed by atoms with van der Waals surface area (Å²) in [6.07, 6.45) is 4.41. The number of aromatic nitrogens is 2. The van der Waals surface area contributed by atoms with Crippen LogP contribution in [0.25, 0.3) is 10.9 Å². The summed E-state index contributed by atoms with van der Waals surface area (Å²) in [6, 6.07) is 7.43. The van der Waals surface area contributed by atoms with Crippen LogP contribution in [-0.2, 0) is 6.54 Å². The van der Waals surface area contributed by atoms with Gasteiger partial charge in [-0.3, -0.25) is 9.36 Å². The van der Waals surface area contributed by atoms with E-state index < -0.39 is 0 Å². The summed E-state index contributed by atoms with van der Waals surface area (Å²) >= 11 is 0. The Bertz CT molecular complexity index is 586. The fourth-order valence-electron chi connectivity index (χ4n) is 1.93. The zero-order valence-electron chi connectivity index (χ0n) is 9.97. The summed E-state index contributed by atoms with van der Waals surface area (Å²) in [7, 11) is 0. The molecule has 0 fully saturated rings. The number of nitrogens with zero attached hydrogens (tertiary/aromatic N) is 2. The highest BCUT2D eigenvalue weighted by Crippen LogP contribution is 2.08. The van der Waals surface area contributed by atoms with E-state index in [9.17, 15) is 4.79 Å². The smallest absolute Gasteiger partial charge is 0.261 e. The topological polar surface area (TPSA) is 34.9 Å². The van der Waals surface area contributed by atoms with Crippen molar-refractivity contribution in [3.63, 3.8) is 0 Å². The van der Waals surface area contributed by atoms with Crippen LogP contribution < -0.4 is 5.56 Å². The van der Waals surface area contributed by atoms with Gasteiger partial charge in [-0.2, -0.15) is 0 Å². The Hall–Kier alpha value is -1.90. The summed E-state index contributed by atoms with van der Waals surface area (Å²) < 4.78 is 1.68. The van der Waals surface area contributed by atoms with E-state index in [0.717, 1.165) is 11.9 Å². The highest BCUT2D eigenvalue weighted by atomic mass is 16.1. The van der Waals surface area contributed by atoms with Crippen LogP contribution in [0.5, 0.6) is 0 Å². The highest BCUT2D eigenvalue weighted by Gasteiger charge is 2.06. The second-order valence-electron chi connectivity index (χ2n) is 4.35. The van der Waals surface area contributed by atoms with Gasteiger partial charge in [-0.05, 0) is 24.5 Å². The van der Waals surface area contributed by atoms with Crippen LogP contribution in [-0.4, -0.2) is 9.55 Å². The van der Waals surface area contributed by atoms with Crippen molar-refractivity contribution in [2.45, 2.75) is 19.9 Å². The molecular formula is C14H16N2O. The second-order valence-corrected chi connectivity index (χ2v) is 4.35. The van der Waals surface area contributed by atoms with E-state index in [-0.39, 0.29) is 5.56 Å². The Balaban J connectivity index is 2.39. The third-order valence-electron chi connectivity index (χ3n) is 2.81. The van der Waals surface area contributed by atoms with Crippen molar-refractivity contribution >= 4 is 10.9 Å². The molecule has 2 rings (SSSR count). The van der Waals surface area contributed by atoms with Crippen LogP contribution >= 0.6 is 0 Å². The number of rotatable bonds is 4. The third-order valence-corrected chi connectivity index (χ3v) is 2.81. The summed E-state index contributed by atoms with van der Waals surface area (Å²) in [5, 5.41) is 0.681. The average Bonchev–Trinajstić information content (AvgIpc) is 2.33. The molecule has 1 unspecified atom stereocenters. The SMILES string of the molecule is C=CCC(C)Cn1cnc2ccccc2c1=O. The molecule has 0 radical (unpaired) electrons. The third kappa shape index (κ3) is 2.44. The fourth-order valence-corrected chi connectivity index (χ4v) is 1.93. The van der Waals surface area contributed by atoms with Gasteiger partial charge in [0, 0.05) is 6.54 Å². The minimum atomic E-state index is 0.0338. The molecule has 3 nitrogen and oxygen atoms in total. The van der Waals surface area contributed by atoms with E-state index in [4.69, 9.17) is 0 Å². The molecule has 0 aliphatic carbocycles. The molecule has 1 aromatic carbocycles. The second kappa shape index (κ2) is 4.95. The Labute approximate surface area is 100 Å². The van der Waals surface area contributed by atoms with E-state index in [1.807, 2.05) is 30.3 Å². The fraction of sp³-hybridized carbons (Fsp3) is 0.286. The molecule has 0 amide bonds. The molecule has 17 heavy (non-hydrogen) atoms. The van der Waals surface area contributed by atoms with Crippen LogP contribution in [0.4, 0.5) is 0 Å². The van der Waals surface area contributed by atoms with Crippen molar-refractivity contribution in [1.29, 1.82) is 0 Å². The monoisotopic (exact) mass is 228 g/mol. The van der Waals surface area contributed by atoms with Gasteiger partial charge in [0.25, 0.3) is 5.56 Å². The molecule has 0 aliphatic rings. The number of hydrogen-bond donors (Lipinski definition) is 0. The van der Waals surface area contributed by atoms with Crippen molar-refractivity contribution < 1.29 is 0 Å². The highest BCUT2D eigenvalue weighted by molar-refractivity contribution is 5.76. The summed E-state index contributed by atoms with van der Waals surface area (Å²) in [4.78, 5) is 16.5. The first kappa shape index (κ1) is 11.6. The number of fused-ring (bicyclic) bond motifs is 1. The van der Waals surface area contributed by atoms with Gasteiger partial charge >= 0.3 is 0 Å². The van der Waals surface area contributed by atoms with Gasteiger partial charge in [0.15, 0.2) is 0 Å². The molecule has 1 atom stereocenters. The van der Waals surface area contributed by atoms with Crippen LogP contribution in [0.2, 0.25) is 0 Å².